The van der Waals surface area contributed by atoms with Crippen molar-refractivity contribution in [2.45, 2.75) is 45.3 Å². The van der Waals surface area contributed by atoms with Gasteiger partial charge in [0.15, 0.2) is 0 Å². The fraction of sp³-hybridized carbons (Fsp3) is 0.462. The van der Waals surface area contributed by atoms with E-state index in [1.165, 1.54) is 38.6 Å². The van der Waals surface area contributed by atoms with Gasteiger partial charge in [0.05, 0.1) is 37.2 Å². The van der Waals surface area contributed by atoms with Crippen molar-refractivity contribution >= 4 is 23.4 Å². The van der Waals surface area contributed by atoms with Gasteiger partial charge in [-0.25, -0.2) is 13.8 Å². The van der Waals surface area contributed by atoms with E-state index >= 15 is 0 Å². The Morgan fingerprint density at radius 2 is 2.00 bits per heavy atom. The molecule has 1 aromatic heterocycles. The Balaban J connectivity index is 2.31. The van der Waals surface area contributed by atoms with Crippen molar-refractivity contribution in [2.75, 3.05) is 27.2 Å². The van der Waals surface area contributed by atoms with Crippen LogP contribution >= 0.6 is 0 Å². The van der Waals surface area contributed by atoms with Crippen molar-refractivity contribution in [3.8, 4) is 5.75 Å². The minimum atomic E-state index is -4.58. The molecule has 0 aromatic carbocycles. The molecule has 0 radical (unpaired) electrons. The highest BCUT2D eigenvalue weighted by Crippen LogP contribution is 2.35. The van der Waals surface area contributed by atoms with Crippen LogP contribution < -0.4 is 15.4 Å². The minimum Gasteiger partial charge on any atom is -0.495 e. The summed E-state index contributed by atoms with van der Waals surface area (Å²) in [4.78, 5) is 22.4. The third kappa shape index (κ3) is 8.36. The van der Waals surface area contributed by atoms with Gasteiger partial charge in [0.2, 0.25) is 0 Å². The molecule has 0 bridgehead atoms. The molecular formula is C26H33F5N6O2. The number of hydrogen-bond acceptors (Lipinski definition) is 7. The highest BCUT2D eigenvalue weighted by Gasteiger charge is 2.47. The van der Waals surface area contributed by atoms with Crippen LogP contribution in [0.4, 0.5) is 22.0 Å². The normalized spacial score (nSPS) is 20.7. The second kappa shape index (κ2) is 13.3. The number of likely N-dealkylation sites (tertiary alicyclic amines) is 1. The predicted octanol–water partition coefficient (Wildman–Crippen LogP) is 4.57. The van der Waals surface area contributed by atoms with Gasteiger partial charge in [-0.1, -0.05) is 13.0 Å². The Kier molecular flexibility index (Phi) is 10.8. The summed E-state index contributed by atoms with van der Waals surface area (Å²) in [5.74, 6) is -4.30. The van der Waals surface area contributed by atoms with Crippen LogP contribution in [0.1, 0.15) is 32.9 Å². The Morgan fingerprint density at radius 3 is 2.51 bits per heavy atom. The Hall–Kier alpha value is -3.77. The summed E-state index contributed by atoms with van der Waals surface area (Å²) in [6, 6.07) is 2.32. The third-order valence-electron chi connectivity index (χ3n) is 6.11. The first-order valence-electron chi connectivity index (χ1n) is 12.1. The monoisotopic (exact) mass is 556 g/mol. The summed E-state index contributed by atoms with van der Waals surface area (Å²) in [7, 11) is 3.01. The number of ether oxygens (including phenoxy) is 1. The molecule has 8 nitrogen and oxygen atoms in total. The number of allylic oxidation sites excluding steroid dienone is 3. The van der Waals surface area contributed by atoms with Gasteiger partial charge in [-0.3, -0.25) is 15.2 Å². The molecule has 13 heteroatoms. The van der Waals surface area contributed by atoms with E-state index in [2.05, 4.69) is 20.6 Å². The largest absolute Gasteiger partial charge is 0.495 e. The van der Waals surface area contributed by atoms with Crippen LogP contribution in [-0.2, 0) is 4.79 Å². The molecular weight excluding hydrogens is 523 g/mol. The summed E-state index contributed by atoms with van der Waals surface area (Å²) < 4.78 is 73.3. The van der Waals surface area contributed by atoms with Crippen LogP contribution in [0.5, 0.6) is 5.75 Å². The van der Waals surface area contributed by atoms with Gasteiger partial charge in [0, 0.05) is 38.0 Å². The molecule has 1 saturated heterocycles. The van der Waals surface area contributed by atoms with Gasteiger partial charge in [-0.15, -0.1) is 0 Å². The molecule has 0 saturated carbocycles. The standard InChI is InChI=1S/C26H33F5N6O2/c1-6-17(26(29,30)31)11-35-22(7-2)36-14-21-16(3)10-25(27,28)15-37(21)24(38)23(32)19(13-33-4)20-9-8-18(39-5)12-34-20/h6-9,11-13,16,21,32-33,36H,10,14-15H2,1-5H3/b17-6+,19-13-,22-7+,32-23?,35-11-. The van der Waals surface area contributed by atoms with Crippen LogP contribution in [0.3, 0.4) is 0 Å². The number of nitrogens with zero attached hydrogens (tertiary/aromatic N) is 3. The minimum absolute atomic E-state index is 0.0730. The zero-order chi connectivity index (χ0) is 29.4. The summed E-state index contributed by atoms with van der Waals surface area (Å²) in [5.41, 5.74) is -1.16. The highest BCUT2D eigenvalue weighted by atomic mass is 19.4. The molecule has 3 N–H and O–H groups in total. The van der Waals surface area contributed by atoms with E-state index in [1.807, 2.05) is 0 Å². The fourth-order valence-corrected chi connectivity index (χ4v) is 4.10. The van der Waals surface area contributed by atoms with E-state index in [1.54, 1.807) is 27.0 Å². The van der Waals surface area contributed by atoms with E-state index in [0.29, 0.717) is 12.0 Å². The van der Waals surface area contributed by atoms with E-state index < -0.39 is 54.2 Å². The molecule has 39 heavy (non-hydrogen) atoms. The maximum absolute atomic E-state index is 14.6. The molecule has 214 valence electrons. The summed E-state index contributed by atoms with van der Waals surface area (Å²) >= 11 is 0. The second-order valence-electron chi connectivity index (χ2n) is 8.90. The van der Waals surface area contributed by atoms with Crippen LogP contribution in [0.15, 0.2) is 53.1 Å². The lowest BCUT2D eigenvalue weighted by molar-refractivity contribution is -0.145. The van der Waals surface area contributed by atoms with Gasteiger partial charge >= 0.3 is 6.18 Å². The summed E-state index contributed by atoms with van der Waals surface area (Å²) in [6.45, 7) is 3.35. The third-order valence-corrected chi connectivity index (χ3v) is 6.11. The van der Waals surface area contributed by atoms with Crippen molar-refractivity contribution in [1.82, 2.24) is 20.5 Å². The number of aliphatic imine (C=N–C) groups is 1. The van der Waals surface area contributed by atoms with Gasteiger partial charge in [0.25, 0.3) is 11.8 Å². The number of halogens is 5. The first kappa shape index (κ1) is 31.4. The van der Waals surface area contributed by atoms with Gasteiger partial charge < -0.3 is 20.3 Å². The van der Waals surface area contributed by atoms with E-state index in [-0.39, 0.29) is 23.6 Å². The van der Waals surface area contributed by atoms with Crippen molar-refractivity contribution < 1.29 is 31.5 Å². The van der Waals surface area contributed by atoms with E-state index in [0.717, 1.165) is 11.0 Å². The molecule has 1 aliphatic rings. The fourth-order valence-electron chi connectivity index (χ4n) is 4.10. The van der Waals surface area contributed by atoms with Gasteiger partial charge in [-0.05, 0) is 38.0 Å². The lowest BCUT2D eigenvalue weighted by Crippen LogP contribution is -2.59. The Bertz CT molecular complexity index is 1140. The number of nitrogens with one attached hydrogen (secondary N) is 3. The SMILES string of the molecule is C\C=C(/N=C\C(=C/C)C(F)(F)F)NCC1C(C)CC(F)(F)CN1C(=O)C(=N)/C(=C\NC)c1ccc(OC)cn1. The van der Waals surface area contributed by atoms with Crippen molar-refractivity contribution in [1.29, 1.82) is 5.41 Å². The number of alkyl halides is 5. The number of piperidine rings is 1. The zero-order valence-electron chi connectivity index (χ0n) is 22.4. The van der Waals surface area contributed by atoms with Crippen molar-refractivity contribution in [2.24, 2.45) is 10.9 Å². The topological polar surface area (TPSA) is 103 Å². The average molecular weight is 557 g/mol. The summed E-state index contributed by atoms with van der Waals surface area (Å²) in [6.07, 6.45) is 0.664. The molecule has 2 heterocycles. The molecule has 1 aliphatic heterocycles. The molecule has 2 rings (SSSR count). The highest BCUT2D eigenvalue weighted by molar-refractivity contribution is 6.54. The van der Waals surface area contributed by atoms with Crippen molar-refractivity contribution in [3.63, 3.8) is 0 Å². The predicted molar refractivity (Wildman–Crippen MR) is 140 cm³/mol. The maximum atomic E-state index is 14.6. The van der Waals surface area contributed by atoms with Crippen LogP contribution in [-0.4, -0.2) is 73.1 Å². The first-order valence-corrected chi connectivity index (χ1v) is 12.1. The van der Waals surface area contributed by atoms with Crippen LogP contribution in [0.2, 0.25) is 0 Å². The number of aromatic nitrogens is 1. The van der Waals surface area contributed by atoms with Crippen molar-refractivity contribution in [3.05, 3.63) is 53.8 Å². The molecule has 1 aromatic rings. The lowest BCUT2D eigenvalue weighted by Gasteiger charge is -2.43. The molecule has 2 unspecified atom stereocenters. The number of rotatable bonds is 10. The van der Waals surface area contributed by atoms with Gasteiger partial charge in [-0.2, -0.15) is 13.2 Å². The number of hydrogen-bond donors (Lipinski definition) is 3. The average Bonchev–Trinajstić information content (AvgIpc) is 2.88. The van der Waals surface area contributed by atoms with Crippen LogP contribution in [0.25, 0.3) is 5.57 Å². The number of methoxy groups -OCH3 is 1. The maximum Gasteiger partial charge on any atom is 0.417 e. The second-order valence-corrected chi connectivity index (χ2v) is 8.90. The Morgan fingerprint density at radius 1 is 1.31 bits per heavy atom. The number of amides is 1. The first-order chi connectivity index (χ1) is 18.3. The Labute approximate surface area is 224 Å². The molecule has 0 aliphatic carbocycles. The zero-order valence-corrected chi connectivity index (χ0v) is 22.4. The molecule has 1 fully saturated rings. The molecule has 1 amide bonds. The van der Waals surface area contributed by atoms with E-state index in [4.69, 9.17) is 10.1 Å². The summed E-state index contributed by atoms with van der Waals surface area (Å²) in [5, 5.41) is 14.2. The smallest absolute Gasteiger partial charge is 0.417 e. The number of carbonyl (C=O) groups is 1. The van der Waals surface area contributed by atoms with Gasteiger partial charge in [0.1, 0.15) is 17.3 Å². The van der Waals surface area contributed by atoms with Crippen LogP contribution in [0, 0.1) is 11.3 Å². The quantitative estimate of drug-likeness (QED) is 0.290. The molecule has 0 spiro atoms. The molecule has 2 atom stereocenters. The number of carbonyl (C=O) groups excluding carboxylic acids is 1. The number of pyridine rings is 1. The lowest BCUT2D eigenvalue weighted by atomic mass is 9.87. The van der Waals surface area contributed by atoms with E-state index in [9.17, 15) is 26.7 Å².